The Kier molecular flexibility index (Phi) is 6.26. The van der Waals surface area contributed by atoms with Gasteiger partial charge < -0.3 is 9.47 Å². The smallest absolute Gasteiger partial charge is 0.279 e. The van der Waals surface area contributed by atoms with Crippen LogP contribution in [0, 0.1) is 0 Å². The van der Waals surface area contributed by atoms with E-state index in [1.165, 1.54) is 0 Å². The highest BCUT2D eigenvalue weighted by atomic mass is 32.2. The normalized spacial score (nSPS) is 18.2. The third kappa shape index (κ3) is 4.59. The maximum absolute atomic E-state index is 12.6. The van der Waals surface area contributed by atoms with Crippen LogP contribution in [0.5, 0.6) is 11.5 Å². The van der Waals surface area contributed by atoms with Gasteiger partial charge in [-0.05, 0) is 38.0 Å². The Morgan fingerprint density at radius 1 is 1.09 bits per heavy atom. The largest absolute Gasteiger partial charge is 0.497 e. The number of benzene rings is 1. The summed E-state index contributed by atoms with van der Waals surface area (Å²) in [6.07, 6.45) is 4.01. The van der Waals surface area contributed by atoms with Crippen LogP contribution >= 0.6 is 0 Å². The van der Waals surface area contributed by atoms with E-state index >= 15 is 0 Å². The molecule has 1 atom stereocenters. The molecule has 1 aliphatic heterocycles. The first kappa shape index (κ1) is 18.0. The number of ether oxygens (including phenoxy) is 2. The third-order valence-corrected chi connectivity index (χ3v) is 5.83. The number of hydrogen-bond acceptors (Lipinski definition) is 4. The molecule has 1 aromatic rings. The minimum Gasteiger partial charge on any atom is -0.497 e. The molecule has 7 heteroatoms. The minimum absolute atomic E-state index is 0.409. The number of hydrogen-bond donors (Lipinski definition) is 1. The Morgan fingerprint density at radius 2 is 1.74 bits per heavy atom. The van der Waals surface area contributed by atoms with Gasteiger partial charge in [-0.25, -0.2) is 0 Å². The van der Waals surface area contributed by atoms with Crippen molar-refractivity contribution in [1.29, 1.82) is 0 Å². The van der Waals surface area contributed by atoms with Crippen LogP contribution in [0.3, 0.4) is 0 Å². The number of methoxy groups -OCH3 is 2. The molecule has 0 bridgehead atoms. The standard InChI is InChI=1S/C16H26N2O4S/c1-13(15-12-14(21-2)8-9-16(15)22-3)17-23(19,20)18-10-6-4-5-7-11-18/h8-9,12-13,17H,4-7,10-11H2,1-3H3. The van der Waals surface area contributed by atoms with Gasteiger partial charge in [0.05, 0.1) is 14.2 Å². The first-order valence-corrected chi connectivity index (χ1v) is 9.41. The molecule has 1 N–H and O–H groups in total. The van der Waals surface area contributed by atoms with Gasteiger partial charge >= 0.3 is 0 Å². The summed E-state index contributed by atoms with van der Waals surface area (Å²) in [4.78, 5) is 0. The van der Waals surface area contributed by atoms with E-state index in [2.05, 4.69) is 4.72 Å². The van der Waals surface area contributed by atoms with Crippen molar-refractivity contribution in [2.24, 2.45) is 0 Å². The van der Waals surface area contributed by atoms with E-state index in [0.29, 0.717) is 24.6 Å². The molecule has 1 aliphatic rings. The molecule has 0 spiro atoms. The van der Waals surface area contributed by atoms with Gasteiger partial charge in [-0.15, -0.1) is 0 Å². The first-order valence-electron chi connectivity index (χ1n) is 7.97. The predicted molar refractivity (Wildman–Crippen MR) is 90.1 cm³/mol. The van der Waals surface area contributed by atoms with Crippen molar-refractivity contribution >= 4 is 10.2 Å². The molecular weight excluding hydrogens is 316 g/mol. The van der Waals surface area contributed by atoms with Gasteiger partial charge in [-0.2, -0.15) is 17.4 Å². The molecular formula is C16H26N2O4S. The molecule has 0 aromatic heterocycles. The van der Waals surface area contributed by atoms with Gasteiger partial charge in [-0.1, -0.05) is 12.8 Å². The summed E-state index contributed by atoms with van der Waals surface area (Å²) in [5, 5.41) is 0. The van der Waals surface area contributed by atoms with Crippen LogP contribution in [0.1, 0.15) is 44.2 Å². The molecule has 0 amide bonds. The lowest BCUT2D eigenvalue weighted by Gasteiger charge is -2.24. The van der Waals surface area contributed by atoms with Crippen LogP contribution in [0.25, 0.3) is 0 Å². The lowest BCUT2D eigenvalue weighted by atomic mass is 10.1. The third-order valence-electron chi connectivity index (χ3n) is 4.13. The van der Waals surface area contributed by atoms with Crippen molar-refractivity contribution in [2.45, 2.75) is 38.6 Å². The van der Waals surface area contributed by atoms with Crippen LogP contribution in [0.4, 0.5) is 0 Å². The molecule has 1 aromatic carbocycles. The molecule has 1 saturated heterocycles. The molecule has 23 heavy (non-hydrogen) atoms. The SMILES string of the molecule is COc1ccc(OC)c(C(C)NS(=O)(=O)N2CCCCCC2)c1. The van der Waals surface area contributed by atoms with Gasteiger partial charge in [0.25, 0.3) is 10.2 Å². The second kappa shape index (κ2) is 7.99. The van der Waals surface area contributed by atoms with Crippen molar-refractivity contribution in [3.8, 4) is 11.5 Å². The van der Waals surface area contributed by atoms with Crippen LogP contribution < -0.4 is 14.2 Å². The molecule has 1 unspecified atom stereocenters. The van der Waals surface area contributed by atoms with Crippen LogP contribution in [-0.2, 0) is 10.2 Å². The van der Waals surface area contributed by atoms with Gasteiger partial charge in [0.15, 0.2) is 0 Å². The highest BCUT2D eigenvalue weighted by Gasteiger charge is 2.26. The lowest BCUT2D eigenvalue weighted by Crippen LogP contribution is -2.42. The number of nitrogens with one attached hydrogen (secondary N) is 1. The zero-order chi connectivity index (χ0) is 16.9. The topological polar surface area (TPSA) is 67.9 Å². The number of nitrogens with zero attached hydrogens (tertiary/aromatic N) is 1. The van der Waals surface area contributed by atoms with Crippen LogP contribution in [-0.4, -0.2) is 40.0 Å². The van der Waals surface area contributed by atoms with E-state index in [1.54, 1.807) is 36.7 Å². The van der Waals surface area contributed by atoms with E-state index in [0.717, 1.165) is 31.2 Å². The van der Waals surface area contributed by atoms with Crippen LogP contribution in [0.15, 0.2) is 18.2 Å². The van der Waals surface area contributed by atoms with Gasteiger partial charge in [-0.3, -0.25) is 0 Å². The Hall–Kier alpha value is -1.31. The van der Waals surface area contributed by atoms with E-state index < -0.39 is 16.3 Å². The van der Waals surface area contributed by atoms with Gasteiger partial charge in [0.1, 0.15) is 11.5 Å². The maximum Gasteiger partial charge on any atom is 0.279 e. The predicted octanol–water partition coefficient (Wildman–Crippen LogP) is 2.48. The van der Waals surface area contributed by atoms with E-state index in [4.69, 9.17) is 9.47 Å². The molecule has 6 nitrogen and oxygen atoms in total. The average Bonchev–Trinajstić information content (AvgIpc) is 2.83. The molecule has 0 saturated carbocycles. The molecule has 1 heterocycles. The van der Waals surface area contributed by atoms with Crippen molar-refractivity contribution < 1.29 is 17.9 Å². The molecule has 0 aliphatic carbocycles. The highest BCUT2D eigenvalue weighted by Crippen LogP contribution is 2.30. The summed E-state index contributed by atoms with van der Waals surface area (Å²) >= 11 is 0. The van der Waals surface area contributed by atoms with E-state index in [-0.39, 0.29) is 0 Å². The molecule has 2 rings (SSSR count). The highest BCUT2D eigenvalue weighted by molar-refractivity contribution is 7.87. The van der Waals surface area contributed by atoms with Gasteiger partial charge in [0, 0.05) is 24.7 Å². The Labute approximate surface area is 139 Å². The first-order chi connectivity index (χ1) is 11.0. The second-order valence-corrected chi connectivity index (χ2v) is 7.47. The zero-order valence-electron chi connectivity index (χ0n) is 14.0. The summed E-state index contributed by atoms with van der Waals surface area (Å²) < 4.78 is 40.1. The summed E-state index contributed by atoms with van der Waals surface area (Å²) in [5.41, 5.74) is 0.755. The second-order valence-electron chi connectivity index (χ2n) is 5.77. The van der Waals surface area contributed by atoms with E-state index in [9.17, 15) is 8.42 Å². The van der Waals surface area contributed by atoms with Crippen molar-refractivity contribution in [3.05, 3.63) is 23.8 Å². The fraction of sp³-hybridized carbons (Fsp3) is 0.625. The summed E-state index contributed by atoms with van der Waals surface area (Å²) in [6, 6.07) is 4.96. The Balaban J connectivity index is 2.18. The zero-order valence-corrected chi connectivity index (χ0v) is 14.9. The van der Waals surface area contributed by atoms with Crippen molar-refractivity contribution in [1.82, 2.24) is 9.03 Å². The summed E-state index contributed by atoms with van der Waals surface area (Å²) in [6.45, 7) is 2.97. The fourth-order valence-corrected chi connectivity index (χ4v) is 4.28. The number of rotatable bonds is 6. The Bertz CT molecular complexity index is 611. The summed E-state index contributed by atoms with van der Waals surface area (Å²) in [5.74, 6) is 1.30. The van der Waals surface area contributed by atoms with E-state index in [1.807, 2.05) is 6.92 Å². The van der Waals surface area contributed by atoms with Gasteiger partial charge in [0.2, 0.25) is 0 Å². The van der Waals surface area contributed by atoms with Crippen LogP contribution in [0.2, 0.25) is 0 Å². The molecule has 130 valence electrons. The maximum atomic E-state index is 12.6. The monoisotopic (exact) mass is 342 g/mol. The fourth-order valence-electron chi connectivity index (χ4n) is 2.82. The quantitative estimate of drug-likeness (QED) is 0.862. The minimum atomic E-state index is -3.51. The lowest BCUT2D eigenvalue weighted by molar-refractivity contribution is 0.390. The Morgan fingerprint density at radius 3 is 2.30 bits per heavy atom. The average molecular weight is 342 g/mol. The summed E-state index contributed by atoms with van der Waals surface area (Å²) in [7, 11) is -0.360. The molecule has 1 fully saturated rings. The molecule has 0 radical (unpaired) electrons. The van der Waals surface area contributed by atoms with Crippen molar-refractivity contribution in [3.63, 3.8) is 0 Å². The van der Waals surface area contributed by atoms with Crippen molar-refractivity contribution in [2.75, 3.05) is 27.3 Å².